The van der Waals surface area contributed by atoms with Crippen molar-refractivity contribution in [3.63, 3.8) is 0 Å². The third-order valence-electron chi connectivity index (χ3n) is 2.83. The van der Waals surface area contributed by atoms with Gasteiger partial charge in [-0.25, -0.2) is 4.98 Å². The summed E-state index contributed by atoms with van der Waals surface area (Å²) in [6, 6.07) is 11.4. The van der Waals surface area contributed by atoms with Crippen molar-refractivity contribution >= 4 is 5.78 Å². The van der Waals surface area contributed by atoms with E-state index in [0.717, 1.165) is 18.6 Å². The summed E-state index contributed by atoms with van der Waals surface area (Å²) in [7, 11) is 0. The molecular formula is C16H17NO2. The maximum absolute atomic E-state index is 11.1. The summed E-state index contributed by atoms with van der Waals surface area (Å²) in [5.74, 6) is 1.25. The molecule has 0 spiro atoms. The summed E-state index contributed by atoms with van der Waals surface area (Å²) in [5.41, 5.74) is 1.89. The van der Waals surface area contributed by atoms with Gasteiger partial charge in [0.25, 0.3) is 0 Å². The highest BCUT2D eigenvalue weighted by Gasteiger charge is 2.02. The third kappa shape index (κ3) is 3.65. The van der Waals surface area contributed by atoms with Crippen LogP contribution in [0.3, 0.4) is 0 Å². The number of aryl methyl sites for hydroxylation is 1. The molecule has 3 heteroatoms. The van der Waals surface area contributed by atoms with Crippen LogP contribution in [0.2, 0.25) is 0 Å². The average Bonchev–Trinajstić information content (AvgIpc) is 2.42. The van der Waals surface area contributed by atoms with Crippen molar-refractivity contribution in [1.82, 2.24) is 4.98 Å². The first-order valence-electron chi connectivity index (χ1n) is 6.43. The van der Waals surface area contributed by atoms with E-state index < -0.39 is 0 Å². The molecule has 0 atom stereocenters. The van der Waals surface area contributed by atoms with Crippen molar-refractivity contribution in [3.8, 4) is 11.6 Å². The number of hydrogen-bond donors (Lipinski definition) is 0. The molecule has 98 valence electrons. The van der Waals surface area contributed by atoms with Gasteiger partial charge in [-0.15, -0.1) is 0 Å². The van der Waals surface area contributed by atoms with Gasteiger partial charge in [-0.2, -0.15) is 0 Å². The minimum absolute atomic E-state index is 0.00275. The van der Waals surface area contributed by atoms with E-state index in [1.165, 1.54) is 18.7 Å². The average molecular weight is 255 g/mol. The van der Waals surface area contributed by atoms with Crippen molar-refractivity contribution < 1.29 is 9.53 Å². The molecule has 0 bridgehead atoms. The highest BCUT2D eigenvalue weighted by molar-refractivity contribution is 5.93. The van der Waals surface area contributed by atoms with E-state index in [0.29, 0.717) is 11.4 Å². The largest absolute Gasteiger partial charge is 0.439 e. The molecule has 1 heterocycles. The van der Waals surface area contributed by atoms with E-state index in [1.807, 2.05) is 12.1 Å². The first-order chi connectivity index (χ1) is 9.19. The van der Waals surface area contributed by atoms with Gasteiger partial charge in [-0.3, -0.25) is 4.79 Å². The molecule has 19 heavy (non-hydrogen) atoms. The lowest BCUT2D eigenvalue weighted by atomic mass is 10.1. The van der Waals surface area contributed by atoms with Crippen molar-refractivity contribution in [2.45, 2.75) is 26.7 Å². The third-order valence-corrected chi connectivity index (χ3v) is 2.83. The van der Waals surface area contributed by atoms with Crippen molar-refractivity contribution in [2.75, 3.05) is 0 Å². The molecule has 0 amide bonds. The lowest BCUT2D eigenvalue weighted by Gasteiger charge is -2.06. The van der Waals surface area contributed by atoms with Crippen molar-refractivity contribution in [1.29, 1.82) is 0 Å². The van der Waals surface area contributed by atoms with E-state index in [1.54, 1.807) is 12.1 Å². The van der Waals surface area contributed by atoms with E-state index >= 15 is 0 Å². The van der Waals surface area contributed by atoms with Crippen LogP contribution >= 0.6 is 0 Å². The molecule has 3 nitrogen and oxygen atoms in total. The minimum atomic E-state index is 0.00275. The number of aromatic nitrogens is 1. The molecular weight excluding hydrogens is 238 g/mol. The summed E-state index contributed by atoms with van der Waals surface area (Å²) in [5, 5.41) is 0. The molecule has 0 saturated carbocycles. The second-order valence-corrected chi connectivity index (χ2v) is 4.44. The van der Waals surface area contributed by atoms with Gasteiger partial charge in [0, 0.05) is 17.8 Å². The number of carbonyl (C=O) groups excluding carboxylic acids is 1. The summed E-state index contributed by atoms with van der Waals surface area (Å²) in [6.07, 6.45) is 3.74. The van der Waals surface area contributed by atoms with E-state index in [4.69, 9.17) is 4.74 Å². The Kier molecular flexibility index (Phi) is 4.29. The van der Waals surface area contributed by atoms with Gasteiger partial charge in [0.2, 0.25) is 5.88 Å². The van der Waals surface area contributed by atoms with Gasteiger partial charge >= 0.3 is 0 Å². The summed E-state index contributed by atoms with van der Waals surface area (Å²) < 4.78 is 5.62. The number of ether oxygens (including phenoxy) is 1. The maximum atomic E-state index is 11.1. The van der Waals surface area contributed by atoms with E-state index in [-0.39, 0.29) is 5.78 Å². The second-order valence-electron chi connectivity index (χ2n) is 4.44. The lowest BCUT2D eigenvalue weighted by Crippen LogP contribution is -1.94. The molecule has 0 aliphatic heterocycles. The molecule has 0 unspecified atom stereocenters. The van der Waals surface area contributed by atoms with Gasteiger partial charge in [0.05, 0.1) is 0 Å². The Labute approximate surface area is 113 Å². The number of nitrogens with zero attached hydrogens (tertiary/aromatic N) is 1. The lowest BCUT2D eigenvalue weighted by molar-refractivity contribution is 0.101. The van der Waals surface area contributed by atoms with Crippen LogP contribution in [-0.2, 0) is 6.42 Å². The zero-order valence-corrected chi connectivity index (χ0v) is 11.2. The van der Waals surface area contributed by atoms with Gasteiger partial charge < -0.3 is 4.74 Å². The number of benzene rings is 1. The molecule has 0 aliphatic rings. The number of Topliss-reactive ketones (excluding diaryl/α,β-unsaturated/α-hetero) is 1. The second kappa shape index (κ2) is 6.14. The summed E-state index contributed by atoms with van der Waals surface area (Å²) in [6.45, 7) is 3.68. The van der Waals surface area contributed by atoms with Gasteiger partial charge in [0.15, 0.2) is 5.78 Å². The molecule has 0 fully saturated rings. The number of pyridine rings is 1. The Hall–Kier alpha value is -2.16. The Morgan fingerprint density at radius 3 is 2.42 bits per heavy atom. The molecule has 1 aromatic carbocycles. The fourth-order valence-corrected chi connectivity index (χ4v) is 1.78. The van der Waals surface area contributed by atoms with Gasteiger partial charge in [-0.1, -0.05) is 25.5 Å². The Balaban J connectivity index is 2.06. The quantitative estimate of drug-likeness (QED) is 0.757. The first-order valence-corrected chi connectivity index (χ1v) is 6.43. The van der Waals surface area contributed by atoms with Crippen LogP contribution < -0.4 is 4.74 Å². The first kappa shape index (κ1) is 13.3. The SMILES string of the molecule is CCCc1ccc(Oc2ccc(C(C)=O)cn2)cc1. The molecule has 1 aromatic heterocycles. The number of rotatable bonds is 5. The Bertz CT molecular complexity index is 544. The molecule has 0 N–H and O–H groups in total. The van der Waals surface area contributed by atoms with Crippen molar-refractivity contribution in [3.05, 3.63) is 53.7 Å². The highest BCUT2D eigenvalue weighted by atomic mass is 16.5. The zero-order chi connectivity index (χ0) is 13.7. The smallest absolute Gasteiger partial charge is 0.219 e. The summed E-state index contributed by atoms with van der Waals surface area (Å²) in [4.78, 5) is 15.2. The Morgan fingerprint density at radius 2 is 1.89 bits per heavy atom. The van der Waals surface area contributed by atoms with E-state index in [9.17, 15) is 4.79 Å². The summed E-state index contributed by atoms with van der Waals surface area (Å²) >= 11 is 0. The molecule has 0 saturated heterocycles. The number of carbonyl (C=O) groups is 1. The van der Waals surface area contributed by atoms with Gasteiger partial charge in [0.1, 0.15) is 5.75 Å². The van der Waals surface area contributed by atoms with Crippen LogP contribution in [0.1, 0.15) is 36.2 Å². The van der Waals surface area contributed by atoms with Crippen LogP contribution in [0.5, 0.6) is 11.6 Å². The number of ketones is 1. The molecule has 2 aromatic rings. The fourth-order valence-electron chi connectivity index (χ4n) is 1.78. The fraction of sp³-hybridized carbons (Fsp3) is 0.250. The topological polar surface area (TPSA) is 39.2 Å². The van der Waals surface area contributed by atoms with Crippen LogP contribution in [0, 0.1) is 0 Å². The standard InChI is InChI=1S/C16H17NO2/c1-3-4-13-5-8-15(9-6-13)19-16-10-7-14(11-17-16)12(2)18/h5-11H,3-4H2,1-2H3. The highest BCUT2D eigenvalue weighted by Crippen LogP contribution is 2.20. The van der Waals surface area contributed by atoms with Crippen molar-refractivity contribution in [2.24, 2.45) is 0 Å². The predicted octanol–water partition coefficient (Wildman–Crippen LogP) is 4.03. The predicted molar refractivity (Wildman–Crippen MR) is 74.8 cm³/mol. The maximum Gasteiger partial charge on any atom is 0.219 e. The van der Waals surface area contributed by atoms with Crippen LogP contribution in [0.4, 0.5) is 0 Å². The van der Waals surface area contributed by atoms with Crippen LogP contribution in [0.25, 0.3) is 0 Å². The minimum Gasteiger partial charge on any atom is -0.439 e. The van der Waals surface area contributed by atoms with Gasteiger partial charge in [-0.05, 0) is 37.1 Å². The monoisotopic (exact) mass is 255 g/mol. The molecule has 2 rings (SSSR count). The van der Waals surface area contributed by atoms with Crippen LogP contribution in [-0.4, -0.2) is 10.8 Å². The van der Waals surface area contributed by atoms with Crippen LogP contribution in [0.15, 0.2) is 42.6 Å². The Morgan fingerprint density at radius 1 is 1.16 bits per heavy atom. The molecule has 0 radical (unpaired) electrons. The zero-order valence-electron chi connectivity index (χ0n) is 11.2. The molecule has 0 aliphatic carbocycles. The van der Waals surface area contributed by atoms with E-state index in [2.05, 4.69) is 24.0 Å². The number of hydrogen-bond acceptors (Lipinski definition) is 3. The normalized spacial score (nSPS) is 10.2.